The standard InChI is InChI=1S/C18H14ClF2N3O5S/c19-11-3-1-4-12(16(11)30-17(20)21)22-15(25)5-2-8-23-13-7-6-10(24(27)28)9-14(13)29-18(23)26/h1,3-4,6-7,9,17H,2,5,8H2,(H,22,25). The molecule has 0 aliphatic heterocycles. The van der Waals surface area contributed by atoms with Crippen LogP contribution >= 0.6 is 23.4 Å². The predicted molar refractivity (Wildman–Crippen MR) is 108 cm³/mol. The van der Waals surface area contributed by atoms with Crippen LogP contribution in [0.4, 0.5) is 20.2 Å². The quantitative estimate of drug-likeness (QED) is 0.293. The first-order valence-corrected chi connectivity index (χ1v) is 9.83. The van der Waals surface area contributed by atoms with Crippen molar-refractivity contribution in [2.24, 2.45) is 0 Å². The fourth-order valence-electron chi connectivity index (χ4n) is 2.81. The van der Waals surface area contributed by atoms with Crippen molar-refractivity contribution in [1.29, 1.82) is 0 Å². The minimum atomic E-state index is -2.70. The fraction of sp³-hybridized carbons (Fsp3) is 0.222. The zero-order chi connectivity index (χ0) is 21.8. The number of oxazole rings is 1. The molecule has 8 nitrogen and oxygen atoms in total. The predicted octanol–water partition coefficient (Wildman–Crippen LogP) is 4.89. The molecular formula is C18H14ClF2N3O5S. The molecule has 0 aliphatic rings. The molecule has 2 aromatic carbocycles. The van der Waals surface area contributed by atoms with Gasteiger partial charge in [-0.05, 0) is 24.6 Å². The van der Waals surface area contributed by atoms with Gasteiger partial charge in [-0.2, -0.15) is 8.78 Å². The van der Waals surface area contributed by atoms with Crippen LogP contribution in [0.15, 0.2) is 50.5 Å². The second kappa shape index (κ2) is 9.26. The molecule has 0 saturated heterocycles. The van der Waals surface area contributed by atoms with Crippen molar-refractivity contribution in [1.82, 2.24) is 4.57 Å². The summed E-state index contributed by atoms with van der Waals surface area (Å²) in [5.41, 5.74) is 0.417. The molecule has 0 fully saturated rings. The lowest BCUT2D eigenvalue weighted by atomic mass is 10.2. The number of amides is 1. The molecule has 0 radical (unpaired) electrons. The average Bonchev–Trinajstić information content (AvgIpc) is 2.99. The number of hydrogen-bond acceptors (Lipinski definition) is 6. The van der Waals surface area contributed by atoms with Gasteiger partial charge in [0.05, 0.1) is 32.1 Å². The maximum atomic E-state index is 12.7. The largest absolute Gasteiger partial charge is 0.419 e. The van der Waals surface area contributed by atoms with Crippen LogP contribution in [0, 0.1) is 10.1 Å². The summed E-state index contributed by atoms with van der Waals surface area (Å²) in [6.45, 7) is 0.130. The van der Waals surface area contributed by atoms with E-state index in [1.165, 1.54) is 34.9 Å². The Morgan fingerprint density at radius 2 is 2.10 bits per heavy atom. The van der Waals surface area contributed by atoms with E-state index in [2.05, 4.69) is 5.32 Å². The Morgan fingerprint density at radius 1 is 1.33 bits per heavy atom. The number of nitro groups is 1. The number of carbonyl (C=O) groups is 1. The number of aryl methyl sites for hydroxylation is 1. The number of fused-ring (bicyclic) bond motifs is 1. The Morgan fingerprint density at radius 3 is 2.80 bits per heavy atom. The zero-order valence-corrected chi connectivity index (χ0v) is 16.7. The summed E-state index contributed by atoms with van der Waals surface area (Å²) in [6.07, 6.45) is 0.243. The van der Waals surface area contributed by atoms with E-state index in [1.807, 2.05) is 0 Å². The Kier molecular flexibility index (Phi) is 6.73. The highest BCUT2D eigenvalue weighted by atomic mass is 35.5. The Hall–Kier alpha value is -2.92. The number of benzene rings is 2. The number of aromatic nitrogens is 1. The minimum absolute atomic E-state index is 0.00259. The van der Waals surface area contributed by atoms with Crippen molar-refractivity contribution < 1.29 is 22.9 Å². The lowest BCUT2D eigenvalue weighted by Crippen LogP contribution is -2.17. The minimum Gasteiger partial charge on any atom is -0.407 e. The summed E-state index contributed by atoms with van der Waals surface area (Å²) in [7, 11) is 0. The molecule has 0 aliphatic carbocycles. The number of thioether (sulfide) groups is 1. The maximum Gasteiger partial charge on any atom is 0.419 e. The van der Waals surface area contributed by atoms with Gasteiger partial charge in [0.1, 0.15) is 0 Å². The molecule has 0 spiro atoms. The van der Waals surface area contributed by atoms with Crippen molar-refractivity contribution >= 4 is 51.7 Å². The number of anilines is 1. The highest BCUT2D eigenvalue weighted by Gasteiger charge is 2.17. The van der Waals surface area contributed by atoms with Gasteiger partial charge in [-0.15, -0.1) is 0 Å². The fourth-order valence-corrected chi connectivity index (χ4v) is 3.72. The molecule has 0 bridgehead atoms. The maximum absolute atomic E-state index is 12.7. The van der Waals surface area contributed by atoms with Crippen molar-refractivity contribution in [3.05, 3.63) is 62.1 Å². The van der Waals surface area contributed by atoms with Gasteiger partial charge in [-0.3, -0.25) is 19.5 Å². The van der Waals surface area contributed by atoms with E-state index < -0.39 is 22.3 Å². The number of nitrogens with one attached hydrogen (secondary N) is 1. The summed E-state index contributed by atoms with van der Waals surface area (Å²) < 4.78 is 31.7. The molecule has 158 valence electrons. The Bertz CT molecular complexity index is 1160. The molecule has 1 N–H and O–H groups in total. The van der Waals surface area contributed by atoms with Crippen LogP contribution in [0.2, 0.25) is 5.02 Å². The smallest absolute Gasteiger partial charge is 0.407 e. The van der Waals surface area contributed by atoms with Gasteiger partial charge in [0.25, 0.3) is 11.4 Å². The summed E-state index contributed by atoms with van der Waals surface area (Å²) in [5.74, 6) is -3.83. The highest BCUT2D eigenvalue weighted by molar-refractivity contribution is 7.99. The first-order chi connectivity index (χ1) is 14.3. The number of rotatable bonds is 8. The topological polar surface area (TPSA) is 107 Å². The van der Waals surface area contributed by atoms with Crippen LogP contribution in [-0.2, 0) is 11.3 Å². The lowest BCUT2D eigenvalue weighted by molar-refractivity contribution is -0.384. The van der Waals surface area contributed by atoms with Crippen LogP contribution in [0.5, 0.6) is 0 Å². The van der Waals surface area contributed by atoms with Gasteiger partial charge in [0.15, 0.2) is 5.58 Å². The summed E-state index contributed by atoms with van der Waals surface area (Å²) in [6, 6.07) is 8.25. The molecule has 0 saturated carbocycles. The molecule has 0 unspecified atom stereocenters. The second-order valence-electron chi connectivity index (χ2n) is 6.08. The van der Waals surface area contributed by atoms with E-state index >= 15 is 0 Å². The summed E-state index contributed by atoms with van der Waals surface area (Å²) in [4.78, 5) is 34.5. The monoisotopic (exact) mass is 457 g/mol. The van der Waals surface area contributed by atoms with Gasteiger partial charge >= 0.3 is 5.76 Å². The molecule has 0 atom stereocenters. The first-order valence-electron chi connectivity index (χ1n) is 8.57. The van der Waals surface area contributed by atoms with Crippen molar-refractivity contribution in [3.8, 4) is 0 Å². The highest BCUT2D eigenvalue weighted by Crippen LogP contribution is 2.37. The van der Waals surface area contributed by atoms with Crippen molar-refractivity contribution in [2.45, 2.75) is 30.0 Å². The van der Waals surface area contributed by atoms with Crippen LogP contribution in [0.1, 0.15) is 12.8 Å². The molecule has 1 heterocycles. The van der Waals surface area contributed by atoms with Gasteiger partial charge in [-0.25, -0.2) is 4.79 Å². The van der Waals surface area contributed by atoms with Gasteiger partial charge < -0.3 is 9.73 Å². The molecule has 1 aromatic heterocycles. The molecule has 30 heavy (non-hydrogen) atoms. The first kappa shape index (κ1) is 21.8. The molecule has 3 aromatic rings. The van der Waals surface area contributed by atoms with E-state index in [1.54, 1.807) is 0 Å². The number of nitro benzene ring substituents is 1. The van der Waals surface area contributed by atoms with E-state index in [4.69, 9.17) is 16.0 Å². The van der Waals surface area contributed by atoms with E-state index in [0.717, 1.165) is 6.07 Å². The van der Waals surface area contributed by atoms with Crippen LogP contribution in [0.25, 0.3) is 11.1 Å². The molecule has 3 rings (SSSR count). The van der Waals surface area contributed by atoms with E-state index in [-0.39, 0.29) is 58.0 Å². The number of carbonyl (C=O) groups excluding carboxylic acids is 1. The zero-order valence-electron chi connectivity index (χ0n) is 15.1. The SMILES string of the molecule is O=C(CCCn1c(=O)oc2cc([N+](=O)[O-])ccc21)Nc1cccc(Cl)c1SC(F)F. The van der Waals surface area contributed by atoms with Crippen LogP contribution < -0.4 is 11.1 Å². The van der Waals surface area contributed by atoms with Crippen molar-refractivity contribution in [2.75, 3.05) is 5.32 Å². The lowest BCUT2D eigenvalue weighted by Gasteiger charge is -2.12. The number of alkyl halides is 2. The normalized spacial score (nSPS) is 11.2. The number of non-ortho nitro benzene ring substituents is 1. The second-order valence-corrected chi connectivity index (χ2v) is 7.48. The number of nitrogens with zero attached hydrogens (tertiary/aromatic N) is 2. The van der Waals surface area contributed by atoms with E-state index in [0.29, 0.717) is 5.52 Å². The van der Waals surface area contributed by atoms with Gasteiger partial charge in [0, 0.05) is 19.0 Å². The summed E-state index contributed by atoms with van der Waals surface area (Å²) in [5, 5.41) is 13.5. The van der Waals surface area contributed by atoms with E-state index in [9.17, 15) is 28.5 Å². The van der Waals surface area contributed by atoms with Gasteiger partial charge in [-0.1, -0.05) is 29.4 Å². The molecule has 1 amide bonds. The van der Waals surface area contributed by atoms with Crippen molar-refractivity contribution in [3.63, 3.8) is 0 Å². The van der Waals surface area contributed by atoms with Crippen LogP contribution in [0.3, 0.4) is 0 Å². The van der Waals surface area contributed by atoms with Crippen LogP contribution in [-0.4, -0.2) is 21.2 Å². The van der Waals surface area contributed by atoms with Gasteiger partial charge in [0.2, 0.25) is 5.91 Å². The summed E-state index contributed by atoms with van der Waals surface area (Å²) >= 11 is 6.17. The molecular weight excluding hydrogens is 444 g/mol. The third-order valence-electron chi connectivity index (χ3n) is 4.10. The third kappa shape index (κ3) is 4.97. The Balaban J connectivity index is 1.66. The third-order valence-corrected chi connectivity index (χ3v) is 5.38. The molecule has 12 heteroatoms. The number of halogens is 3. The average molecular weight is 458 g/mol. The Labute approximate surface area is 177 Å². The number of hydrogen-bond donors (Lipinski definition) is 1.